The molecule has 0 saturated carbocycles. The van der Waals surface area contributed by atoms with Gasteiger partial charge in [0.25, 0.3) is 6.71 Å². The van der Waals surface area contributed by atoms with E-state index in [1.54, 1.807) is 0 Å². The van der Waals surface area contributed by atoms with E-state index < -0.39 is 0 Å². The quantitative estimate of drug-likeness (QED) is 0.128. The molecule has 0 amide bonds. The Labute approximate surface area is 598 Å². The second-order valence-electron chi connectivity index (χ2n) is 31.6. The van der Waals surface area contributed by atoms with Gasteiger partial charge in [0, 0.05) is 45.0 Å². The van der Waals surface area contributed by atoms with Crippen LogP contribution < -0.4 is 26.2 Å². The first-order valence-electron chi connectivity index (χ1n) is 35.4. The van der Waals surface area contributed by atoms with Crippen LogP contribution in [0.5, 0.6) is 0 Å². The molecule has 0 unspecified atom stereocenters. The Bertz CT molecular complexity index is 5440. The molecule has 2 heterocycles. The standard InChI is InChI=1S/C96H83BN4/c1-93(2,3)74-45-39-65(40-46-74)82-54-72(78-37-24-22-33-70(78)60-98)52-80(63-29-18-14-19-30-63)91(82)100-86-49-43-68(62-27-16-13-17-28-62)56-84(86)97-85-57-69(67-35-26-36-76(51-67)95(7,8)9)44-50-87(85)101(89-59-77(96(10,11)12)58-88(100)90(89)97)92-81(64-31-20-15-21-32-64)53-73(79-38-25-23-34-71(79)61-99)55-83(92)66-41-47-75(48-42-66)94(4,5)6/h13-59H,1-12H3. The highest BCUT2D eigenvalue weighted by molar-refractivity contribution is 7.00. The fraction of sp³-hybridized carbons (Fsp3) is 0.167. The summed E-state index contributed by atoms with van der Waals surface area (Å²) in [4.78, 5) is 5.27. The minimum absolute atomic E-state index is 0.0855. The Morgan fingerprint density at radius 2 is 0.574 bits per heavy atom. The zero-order valence-corrected chi connectivity index (χ0v) is 60.0. The van der Waals surface area contributed by atoms with Crippen LogP contribution in [0.15, 0.2) is 285 Å². The zero-order chi connectivity index (χ0) is 70.3. The smallest absolute Gasteiger partial charge is 0.252 e. The van der Waals surface area contributed by atoms with Gasteiger partial charge in [0.15, 0.2) is 0 Å². The van der Waals surface area contributed by atoms with E-state index in [2.05, 4.69) is 354 Å². The summed E-state index contributed by atoms with van der Waals surface area (Å²) in [5, 5.41) is 21.9. The third kappa shape index (κ3) is 12.0. The lowest BCUT2D eigenvalue weighted by molar-refractivity contribution is 0.590. The van der Waals surface area contributed by atoms with Crippen LogP contribution in [0.25, 0.3) is 89.0 Å². The van der Waals surface area contributed by atoms with Gasteiger partial charge in [0.2, 0.25) is 0 Å². The summed E-state index contributed by atoms with van der Waals surface area (Å²) in [6, 6.07) is 110. The predicted octanol–water partition coefficient (Wildman–Crippen LogP) is 24.0. The summed E-state index contributed by atoms with van der Waals surface area (Å²) >= 11 is 0. The van der Waals surface area contributed by atoms with Crippen molar-refractivity contribution in [2.45, 2.75) is 105 Å². The van der Waals surface area contributed by atoms with Crippen LogP contribution >= 0.6 is 0 Å². The SMILES string of the molecule is CC(C)(C)c1ccc(-c2cc(-c3ccccc3C#N)cc(-c3ccccc3)c2N2c3ccc(-c4ccccc4)cc3B3c4cc(-c5cccc(C(C)(C)C)c5)ccc4N(c4c(-c5ccccc5)cc(-c5ccccc5C#N)cc4-c4ccc(C(C)(C)C)cc4)c4cc(C(C)(C)C)cc2c43)cc1. The zero-order valence-electron chi connectivity index (χ0n) is 60.0. The predicted molar refractivity (Wildman–Crippen MR) is 428 cm³/mol. The lowest BCUT2D eigenvalue weighted by Gasteiger charge is -2.46. The molecule has 0 aliphatic carbocycles. The van der Waals surface area contributed by atoms with Crippen molar-refractivity contribution in [1.29, 1.82) is 10.5 Å². The molecule has 2 aliphatic heterocycles. The van der Waals surface area contributed by atoms with Gasteiger partial charge in [-0.2, -0.15) is 10.5 Å². The highest BCUT2D eigenvalue weighted by Gasteiger charge is 2.46. The Morgan fingerprint density at radius 1 is 0.248 bits per heavy atom. The van der Waals surface area contributed by atoms with Crippen molar-refractivity contribution in [1.82, 2.24) is 0 Å². The topological polar surface area (TPSA) is 54.1 Å². The number of rotatable bonds is 10. The first kappa shape index (κ1) is 65.4. The second-order valence-corrected chi connectivity index (χ2v) is 31.6. The van der Waals surface area contributed by atoms with Gasteiger partial charge >= 0.3 is 0 Å². The van der Waals surface area contributed by atoms with Gasteiger partial charge in [-0.3, -0.25) is 0 Å². The van der Waals surface area contributed by atoms with E-state index in [4.69, 9.17) is 0 Å². The summed E-state index contributed by atoms with van der Waals surface area (Å²) in [6.07, 6.45) is 0. The summed E-state index contributed by atoms with van der Waals surface area (Å²) in [6.45, 7) is 27.3. The molecule has 5 heteroatoms. The van der Waals surface area contributed by atoms with E-state index in [9.17, 15) is 10.5 Å². The maximum atomic E-state index is 10.9. The van der Waals surface area contributed by atoms with Crippen molar-refractivity contribution in [3.05, 3.63) is 318 Å². The third-order valence-corrected chi connectivity index (χ3v) is 20.8. The minimum Gasteiger partial charge on any atom is -0.310 e. The van der Waals surface area contributed by atoms with Crippen molar-refractivity contribution in [3.63, 3.8) is 0 Å². The van der Waals surface area contributed by atoms with Crippen LogP contribution in [-0.2, 0) is 21.7 Å². The average molecular weight is 1300 g/mol. The first-order valence-corrected chi connectivity index (χ1v) is 35.4. The molecule has 0 N–H and O–H groups in total. The Morgan fingerprint density at radius 3 is 0.960 bits per heavy atom. The molecule has 13 aromatic carbocycles. The minimum atomic E-state index is -0.366. The summed E-state index contributed by atoms with van der Waals surface area (Å²) in [5.74, 6) is 0. The summed E-state index contributed by atoms with van der Waals surface area (Å²) < 4.78 is 0. The second kappa shape index (κ2) is 25.3. The molecule has 15 rings (SSSR count). The van der Waals surface area contributed by atoms with Gasteiger partial charge in [0.1, 0.15) is 0 Å². The summed E-state index contributed by atoms with van der Waals surface area (Å²) in [5.41, 5.74) is 32.1. The van der Waals surface area contributed by atoms with E-state index in [0.29, 0.717) is 11.1 Å². The number of fused-ring (bicyclic) bond motifs is 4. The molecule has 4 nitrogen and oxygen atoms in total. The van der Waals surface area contributed by atoms with Crippen LogP contribution in [0, 0.1) is 22.7 Å². The highest BCUT2D eigenvalue weighted by atomic mass is 15.2. The van der Waals surface area contributed by atoms with Crippen LogP contribution in [0.3, 0.4) is 0 Å². The maximum Gasteiger partial charge on any atom is 0.252 e. The van der Waals surface area contributed by atoms with Gasteiger partial charge in [-0.1, -0.05) is 308 Å². The van der Waals surface area contributed by atoms with Crippen LogP contribution in [0.2, 0.25) is 0 Å². The molecule has 0 saturated heterocycles. The third-order valence-electron chi connectivity index (χ3n) is 20.8. The normalized spacial score (nSPS) is 12.7. The highest BCUT2D eigenvalue weighted by Crippen LogP contribution is 2.56. The fourth-order valence-electron chi connectivity index (χ4n) is 15.2. The van der Waals surface area contributed by atoms with Crippen molar-refractivity contribution in [2.75, 3.05) is 9.80 Å². The van der Waals surface area contributed by atoms with Crippen LogP contribution in [-0.4, -0.2) is 6.71 Å². The molecule has 2 aliphatic rings. The number of benzene rings is 13. The van der Waals surface area contributed by atoms with E-state index >= 15 is 0 Å². The van der Waals surface area contributed by atoms with E-state index in [-0.39, 0.29) is 28.4 Å². The molecular weight excluding hydrogens is 1220 g/mol. The Balaban J connectivity index is 1.14. The number of anilines is 6. The lowest BCUT2D eigenvalue weighted by Crippen LogP contribution is -2.61. The van der Waals surface area contributed by atoms with Crippen molar-refractivity contribution < 1.29 is 0 Å². The van der Waals surface area contributed by atoms with Gasteiger partial charge in [-0.05, 0) is 188 Å². The molecule has 0 aromatic heterocycles. The summed E-state index contributed by atoms with van der Waals surface area (Å²) in [7, 11) is 0. The van der Waals surface area contributed by atoms with Gasteiger partial charge in [-0.15, -0.1) is 0 Å². The first-order chi connectivity index (χ1) is 48.5. The number of hydrogen-bond donors (Lipinski definition) is 0. The number of nitriles is 2. The number of nitrogens with zero attached hydrogens (tertiary/aromatic N) is 4. The largest absolute Gasteiger partial charge is 0.310 e. The molecule has 490 valence electrons. The number of hydrogen-bond acceptors (Lipinski definition) is 4. The lowest BCUT2D eigenvalue weighted by atomic mass is 9.33. The Hall–Kier alpha value is -11.5. The van der Waals surface area contributed by atoms with E-state index in [0.717, 1.165) is 123 Å². The van der Waals surface area contributed by atoms with Crippen LogP contribution in [0.4, 0.5) is 34.1 Å². The van der Waals surface area contributed by atoms with Crippen LogP contribution in [0.1, 0.15) is 116 Å². The Kier molecular flexibility index (Phi) is 16.4. The van der Waals surface area contributed by atoms with Crippen molar-refractivity contribution in [2.24, 2.45) is 0 Å². The van der Waals surface area contributed by atoms with Crippen molar-refractivity contribution in [3.8, 4) is 101 Å². The maximum absolute atomic E-state index is 10.9. The average Bonchev–Trinajstić information content (AvgIpc) is 0.685. The van der Waals surface area contributed by atoms with Gasteiger partial charge in [0.05, 0.1) is 34.6 Å². The molecule has 0 fully saturated rings. The molecular formula is C96H83BN4. The molecule has 0 radical (unpaired) electrons. The fourth-order valence-corrected chi connectivity index (χ4v) is 15.2. The molecule has 0 spiro atoms. The molecule has 0 atom stereocenters. The molecule has 101 heavy (non-hydrogen) atoms. The monoisotopic (exact) mass is 1300 g/mol. The van der Waals surface area contributed by atoms with Crippen molar-refractivity contribution >= 4 is 57.2 Å². The van der Waals surface area contributed by atoms with Gasteiger partial charge in [-0.25, -0.2) is 0 Å². The molecule has 13 aromatic rings. The van der Waals surface area contributed by atoms with E-state index in [1.807, 2.05) is 36.4 Å². The van der Waals surface area contributed by atoms with Gasteiger partial charge < -0.3 is 9.80 Å². The van der Waals surface area contributed by atoms with E-state index in [1.165, 1.54) is 38.6 Å². The molecule has 0 bridgehead atoms.